The van der Waals surface area contributed by atoms with Gasteiger partial charge in [0.25, 0.3) is 5.91 Å². The lowest BCUT2D eigenvalue weighted by molar-refractivity contribution is 0.0403. The van der Waals surface area contributed by atoms with Crippen LogP contribution in [0, 0.1) is 0 Å². The molecule has 144 valence electrons. The van der Waals surface area contributed by atoms with Gasteiger partial charge in [0.05, 0.1) is 7.11 Å². The summed E-state index contributed by atoms with van der Waals surface area (Å²) in [6.07, 6.45) is -0.561. The van der Waals surface area contributed by atoms with Crippen LogP contribution in [0.4, 0.5) is 0 Å². The molecule has 6 nitrogen and oxygen atoms in total. The second-order valence-corrected chi connectivity index (χ2v) is 6.60. The van der Waals surface area contributed by atoms with E-state index in [4.69, 9.17) is 9.47 Å². The van der Waals surface area contributed by atoms with Gasteiger partial charge in [0.2, 0.25) is 0 Å². The Bertz CT molecular complexity index is 713. The molecule has 1 saturated heterocycles. The Hall–Kier alpha value is -2.57. The van der Waals surface area contributed by atoms with Gasteiger partial charge in [0.15, 0.2) is 0 Å². The first-order chi connectivity index (χ1) is 13.2. The average molecular weight is 370 g/mol. The minimum absolute atomic E-state index is 0.0327. The zero-order valence-corrected chi connectivity index (χ0v) is 15.6. The van der Waals surface area contributed by atoms with E-state index in [0.717, 1.165) is 24.6 Å². The number of amides is 1. The van der Waals surface area contributed by atoms with Crippen LogP contribution in [0.5, 0.6) is 11.5 Å². The highest BCUT2D eigenvalue weighted by Gasteiger charge is 2.23. The number of carbonyl (C=O) groups excluding carboxylic acids is 1. The fourth-order valence-corrected chi connectivity index (χ4v) is 3.11. The van der Waals surface area contributed by atoms with E-state index in [9.17, 15) is 9.90 Å². The molecule has 1 N–H and O–H groups in total. The average Bonchev–Trinajstić information content (AvgIpc) is 2.73. The third-order valence-electron chi connectivity index (χ3n) is 4.65. The summed E-state index contributed by atoms with van der Waals surface area (Å²) in [6, 6.07) is 16.7. The van der Waals surface area contributed by atoms with Crippen molar-refractivity contribution in [2.24, 2.45) is 0 Å². The molecule has 0 bridgehead atoms. The molecule has 1 heterocycles. The second kappa shape index (κ2) is 9.39. The standard InChI is InChI=1S/C21H26N2O4/c1-26-19-9-7-17(8-10-19)21(25)23-13-11-22(12-14-23)15-18(24)16-27-20-5-3-2-4-6-20/h2-10,18,24H,11-16H2,1H3. The summed E-state index contributed by atoms with van der Waals surface area (Å²) in [7, 11) is 1.61. The number of benzene rings is 2. The number of ether oxygens (including phenoxy) is 2. The highest BCUT2D eigenvalue weighted by Crippen LogP contribution is 2.15. The molecule has 1 fully saturated rings. The van der Waals surface area contributed by atoms with Gasteiger partial charge < -0.3 is 19.5 Å². The van der Waals surface area contributed by atoms with Gasteiger partial charge in [0, 0.05) is 38.3 Å². The lowest BCUT2D eigenvalue weighted by atomic mass is 10.1. The molecule has 0 aliphatic carbocycles. The molecule has 3 rings (SSSR count). The molecule has 0 radical (unpaired) electrons. The van der Waals surface area contributed by atoms with E-state index in [1.165, 1.54) is 0 Å². The van der Waals surface area contributed by atoms with Crippen molar-refractivity contribution in [1.82, 2.24) is 9.80 Å². The Balaban J connectivity index is 1.42. The highest BCUT2D eigenvalue weighted by molar-refractivity contribution is 5.94. The van der Waals surface area contributed by atoms with Crippen molar-refractivity contribution in [2.75, 3.05) is 46.4 Å². The second-order valence-electron chi connectivity index (χ2n) is 6.60. The third kappa shape index (κ3) is 5.45. The van der Waals surface area contributed by atoms with E-state index in [1.807, 2.05) is 35.2 Å². The Morgan fingerprint density at radius 1 is 1.00 bits per heavy atom. The number of aliphatic hydroxyl groups excluding tert-OH is 1. The Morgan fingerprint density at radius 3 is 2.30 bits per heavy atom. The van der Waals surface area contributed by atoms with Crippen LogP contribution >= 0.6 is 0 Å². The summed E-state index contributed by atoms with van der Waals surface area (Å²) >= 11 is 0. The van der Waals surface area contributed by atoms with Gasteiger partial charge in [-0.25, -0.2) is 0 Å². The van der Waals surface area contributed by atoms with Crippen LogP contribution in [0.1, 0.15) is 10.4 Å². The van der Waals surface area contributed by atoms with Gasteiger partial charge in [-0.2, -0.15) is 0 Å². The maximum absolute atomic E-state index is 12.6. The number of piperazine rings is 1. The maximum atomic E-state index is 12.6. The van der Waals surface area contributed by atoms with Gasteiger partial charge in [0.1, 0.15) is 24.2 Å². The monoisotopic (exact) mass is 370 g/mol. The lowest BCUT2D eigenvalue weighted by Gasteiger charge is -2.35. The summed E-state index contributed by atoms with van der Waals surface area (Å²) in [6.45, 7) is 3.58. The van der Waals surface area contributed by atoms with Gasteiger partial charge in [-0.05, 0) is 36.4 Å². The molecule has 0 spiro atoms. The predicted octanol–water partition coefficient (Wildman–Crippen LogP) is 1.89. The number of nitrogens with zero attached hydrogens (tertiary/aromatic N) is 2. The van der Waals surface area contributed by atoms with Gasteiger partial charge in [-0.1, -0.05) is 18.2 Å². The van der Waals surface area contributed by atoms with Gasteiger partial charge >= 0.3 is 0 Å². The summed E-state index contributed by atoms with van der Waals surface area (Å²) in [5.74, 6) is 1.53. The Kier molecular flexibility index (Phi) is 6.68. The third-order valence-corrected chi connectivity index (χ3v) is 4.65. The van der Waals surface area contributed by atoms with E-state index >= 15 is 0 Å². The van der Waals surface area contributed by atoms with Crippen molar-refractivity contribution in [3.05, 3.63) is 60.2 Å². The quantitative estimate of drug-likeness (QED) is 0.807. The molecule has 1 atom stereocenters. The van der Waals surface area contributed by atoms with Crippen molar-refractivity contribution in [1.29, 1.82) is 0 Å². The van der Waals surface area contributed by atoms with Crippen LogP contribution in [-0.2, 0) is 0 Å². The molecule has 1 unspecified atom stereocenters. The SMILES string of the molecule is COc1ccc(C(=O)N2CCN(CC(O)COc3ccccc3)CC2)cc1. The van der Waals surface area contributed by atoms with Crippen molar-refractivity contribution in [3.8, 4) is 11.5 Å². The first kappa shape index (κ1) is 19.2. The summed E-state index contributed by atoms with van der Waals surface area (Å²) in [5, 5.41) is 10.2. The van der Waals surface area contributed by atoms with Crippen molar-refractivity contribution in [3.63, 3.8) is 0 Å². The first-order valence-electron chi connectivity index (χ1n) is 9.17. The fourth-order valence-electron chi connectivity index (χ4n) is 3.11. The largest absolute Gasteiger partial charge is 0.497 e. The minimum Gasteiger partial charge on any atom is -0.497 e. The van der Waals surface area contributed by atoms with Crippen LogP contribution in [0.3, 0.4) is 0 Å². The smallest absolute Gasteiger partial charge is 0.253 e. The number of carbonyl (C=O) groups is 1. The molecule has 27 heavy (non-hydrogen) atoms. The number of aliphatic hydroxyl groups is 1. The van der Waals surface area contributed by atoms with E-state index < -0.39 is 6.10 Å². The molecular weight excluding hydrogens is 344 g/mol. The minimum atomic E-state index is -0.561. The molecular formula is C21H26N2O4. The topological polar surface area (TPSA) is 62.2 Å². The molecule has 1 amide bonds. The summed E-state index contributed by atoms with van der Waals surface area (Å²) < 4.78 is 10.7. The van der Waals surface area contributed by atoms with E-state index in [1.54, 1.807) is 31.4 Å². The summed E-state index contributed by atoms with van der Waals surface area (Å²) in [5.41, 5.74) is 0.667. The summed E-state index contributed by atoms with van der Waals surface area (Å²) in [4.78, 5) is 16.6. The number of para-hydroxylation sites is 1. The maximum Gasteiger partial charge on any atom is 0.253 e. The van der Waals surface area contributed by atoms with E-state index in [0.29, 0.717) is 25.2 Å². The van der Waals surface area contributed by atoms with Crippen molar-refractivity contribution in [2.45, 2.75) is 6.10 Å². The number of hydrogen-bond donors (Lipinski definition) is 1. The van der Waals surface area contributed by atoms with Crippen LogP contribution in [0.25, 0.3) is 0 Å². The van der Waals surface area contributed by atoms with Gasteiger partial charge in [-0.15, -0.1) is 0 Å². The number of β-amino-alcohol motifs (C(OH)–C–C–N with tert-alkyl or cyclic N) is 1. The number of rotatable bonds is 7. The zero-order chi connectivity index (χ0) is 19.1. The molecule has 2 aromatic rings. The predicted molar refractivity (Wildman–Crippen MR) is 103 cm³/mol. The molecule has 1 aliphatic rings. The van der Waals surface area contributed by atoms with E-state index in [2.05, 4.69) is 4.90 Å². The molecule has 0 aromatic heterocycles. The van der Waals surface area contributed by atoms with Crippen molar-refractivity contribution < 1.29 is 19.4 Å². The van der Waals surface area contributed by atoms with Crippen LogP contribution in [0.2, 0.25) is 0 Å². The number of hydrogen-bond acceptors (Lipinski definition) is 5. The highest BCUT2D eigenvalue weighted by atomic mass is 16.5. The molecule has 2 aromatic carbocycles. The number of methoxy groups -OCH3 is 1. The Morgan fingerprint density at radius 2 is 1.67 bits per heavy atom. The molecule has 1 aliphatic heterocycles. The Labute approximate surface area is 159 Å². The zero-order valence-electron chi connectivity index (χ0n) is 15.6. The molecule has 6 heteroatoms. The normalized spacial score (nSPS) is 16.0. The first-order valence-corrected chi connectivity index (χ1v) is 9.17. The fraction of sp³-hybridized carbons (Fsp3) is 0.381. The van der Waals surface area contributed by atoms with Crippen LogP contribution in [0.15, 0.2) is 54.6 Å². The van der Waals surface area contributed by atoms with Gasteiger partial charge in [-0.3, -0.25) is 9.69 Å². The van der Waals surface area contributed by atoms with Crippen LogP contribution in [-0.4, -0.2) is 73.4 Å². The van der Waals surface area contributed by atoms with Crippen molar-refractivity contribution >= 4 is 5.91 Å². The molecule has 0 saturated carbocycles. The lowest BCUT2D eigenvalue weighted by Crippen LogP contribution is -2.50. The van der Waals surface area contributed by atoms with Crippen LogP contribution < -0.4 is 9.47 Å². The van der Waals surface area contributed by atoms with E-state index in [-0.39, 0.29) is 12.5 Å².